The maximum Gasteiger partial charge on any atom is 0.398 e. The summed E-state index contributed by atoms with van der Waals surface area (Å²) in [5.74, 6) is -1.93. The maximum absolute atomic E-state index is 12.3. The fourth-order valence-corrected chi connectivity index (χ4v) is 2.50. The molecule has 1 aromatic carbocycles. The number of rotatable bonds is 6. The molecule has 0 bridgehead atoms. The molecular weight excluding hydrogens is 367 g/mol. The Balaban J connectivity index is 2.08. The third-order valence-electron chi connectivity index (χ3n) is 2.73. The smallest absolute Gasteiger partial charge is 0.398 e. The number of ether oxygens (including phenoxy) is 1. The zero-order valence-electron chi connectivity index (χ0n) is 12.4. The number of carbonyl (C=O) groups is 1. The minimum absolute atomic E-state index is 0.0235. The van der Waals surface area contributed by atoms with E-state index < -0.39 is 24.4 Å². The van der Waals surface area contributed by atoms with E-state index in [9.17, 15) is 26.7 Å². The van der Waals surface area contributed by atoms with Crippen LogP contribution in [0.2, 0.25) is 0 Å². The van der Waals surface area contributed by atoms with Crippen molar-refractivity contribution in [3.63, 3.8) is 0 Å². The van der Waals surface area contributed by atoms with Gasteiger partial charge < -0.3 is 10.1 Å². The zero-order valence-corrected chi connectivity index (χ0v) is 13.2. The van der Waals surface area contributed by atoms with Crippen molar-refractivity contribution in [2.75, 3.05) is 11.1 Å². The molecule has 10 heteroatoms. The summed E-state index contributed by atoms with van der Waals surface area (Å²) in [4.78, 5) is 16.0. The molecule has 2 aromatic rings. The van der Waals surface area contributed by atoms with Crippen molar-refractivity contribution in [1.29, 1.82) is 0 Å². The molecule has 0 atom stereocenters. The lowest BCUT2D eigenvalue weighted by Crippen LogP contribution is -2.15. The van der Waals surface area contributed by atoms with Gasteiger partial charge in [0.1, 0.15) is 10.8 Å². The average molecular weight is 378 g/mol. The molecule has 134 valence electrons. The lowest BCUT2D eigenvalue weighted by atomic mass is 10.2. The predicted molar refractivity (Wildman–Crippen MR) is 82.0 cm³/mol. The number of alkyl halides is 5. The number of pyridine rings is 1. The van der Waals surface area contributed by atoms with Crippen molar-refractivity contribution in [3.8, 4) is 5.75 Å². The predicted octanol–water partition coefficient (Wildman–Crippen LogP) is 4.59. The molecule has 4 nitrogen and oxygen atoms in total. The Labute approximate surface area is 143 Å². The lowest BCUT2D eigenvalue weighted by Gasteiger charge is -2.11. The third-order valence-corrected chi connectivity index (χ3v) is 3.80. The van der Waals surface area contributed by atoms with Gasteiger partial charge >= 0.3 is 12.8 Å². The van der Waals surface area contributed by atoms with E-state index in [2.05, 4.69) is 15.0 Å². The van der Waals surface area contributed by atoms with Crippen molar-refractivity contribution in [2.45, 2.75) is 17.8 Å². The van der Waals surface area contributed by atoms with Gasteiger partial charge in [0, 0.05) is 11.9 Å². The summed E-state index contributed by atoms with van der Waals surface area (Å²) < 4.78 is 65.3. The Bertz CT molecular complexity index is 723. The lowest BCUT2D eigenvalue weighted by molar-refractivity contribution is -0.105. The van der Waals surface area contributed by atoms with Crippen LogP contribution < -0.4 is 10.1 Å². The number of carbonyl (C=O) groups excluding carboxylic acids is 1. The maximum atomic E-state index is 12.3. The van der Waals surface area contributed by atoms with E-state index >= 15 is 0 Å². The van der Waals surface area contributed by atoms with Gasteiger partial charge in [-0.1, -0.05) is 11.8 Å². The van der Waals surface area contributed by atoms with Gasteiger partial charge in [0.05, 0.1) is 11.3 Å². The number of nitrogens with zero attached hydrogens (tertiary/aromatic N) is 1. The number of thioether (sulfide) groups is 1. The molecular formula is C15H11F5N2O2S. The molecule has 1 amide bonds. The molecule has 1 N–H and O–H groups in total. The van der Waals surface area contributed by atoms with Gasteiger partial charge in [0.25, 0.3) is 5.91 Å². The summed E-state index contributed by atoms with van der Waals surface area (Å²) in [6.45, 7) is -2.97. The number of benzene rings is 1. The topological polar surface area (TPSA) is 51.2 Å². The fraction of sp³-hybridized carbons (Fsp3) is 0.200. The first-order valence-electron chi connectivity index (χ1n) is 6.75. The number of nitrogens with one attached hydrogen (secondary N) is 1. The van der Waals surface area contributed by atoms with Gasteiger partial charge in [-0.25, -0.2) is 4.98 Å². The quantitative estimate of drug-likeness (QED) is 0.590. The molecule has 0 saturated heterocycles. The van der Waals surface area contributed by atoms with E-state index in [0.717, 1.165) is 0 Å². The number of anilines is 1. The number of aromatic nitrogens is 1. The largest absolute Gasteiger partial charge is 0.435 e. The Hall–Kier alpha value is -2.36. The van der Waals surface area contributed by atoms with Crippen LogP contribution in [0, 0.1) is 0 Å². The van der Waals surface area contributed by atoms with Crippen molar-refractivity contribution in [2.24, 2.45) is 0 Å². The SMILES string of the molecule is O=C(Nc1ccc(OC(F)F)cc1)c1cccnc1SCC(F)(F)F. The van der Waals surface area contributed by atoms with Gasteiger partial charge in [-0.15, -0.1) is 0 Å². The third kappa shape index (κ3) is 6.22. The highest BCUT2D eigenvalue weighted by Crippen LogP contribution is 2.28. The Kier molecular flexibility index (Phi) is 6.18. The molecule has 0 aliphatic carbocycles. The first-order valence-corrected chi connectivity index (χ1v) is 7.74. The van der Waals surface area contributed by atoms with Crippen LogP contribution in [0.1, 0.15) is 10.4 Å². The summed E-state index contributed by atoms with van der Waals surface area (Å²) in [6.07, 6.45) is -3.11. The molecule has 1 aromatic heterocycles. The summed E-state index contributed by atoms with van der Waals surface area (Å²) >= 11 is 0.402. The zero-order chi connectivity index (χ0) is 18.4. The highest BCUT2D eigenvalue weighted by molar-refractivity contribution is 7.99. The number of hydrogen-bond donors (Lipinski definition) is 1. The summed E-state index contributed by atoms with van der Waals surface area (Å²) in [5, 5.41) is 2.40. The number of halogens is 5. The van der Waals surface area contributed by atoms with Crippen LogP contribution in [0.15, 0.2) is 47.6 Å². The van der Waals surface area contributed by atoms with E-state index in [0.29, 0.717) is 11.8 Å². The molecule has 2 rings (SSSR count). The normalized spacial score (nSPS) is 11.4. The Morgan fingerprint density at radius 2 is 1.88 bits per heavy atom. The fourth-order valence-electron chi connectivity index (χ4n) is 1.75. The summed E-state index contributed by atoms with van der Waals surface area (Å²) in [7, 11) is 0. The second-order valence-corrected chi connectivity index (χ2v) is 5.58. The molecule has 0 fully saturated rings. The molecule has 1 heterocycles. The molecule has 0 spiro atoms. The van der Waals surface area contributed by atoms with Crippen LogP contribution in [0.4, 0.5) is 27.6 Å². The molecule has 0 radical (unpaired) electrons. The highest BCUT2D eigenvalue weighted by Gasteiger charge is 2.28. The van der Waals surface area contributed by atoms with Gasteiger partial charge in [-0.3, -0.25) is 4.79 Å². The summed E-state index contributed by atoms with van der Waals surface area (Å²) in [5.41, 5.74) is 0.242. The van der Waals surface area contributed by atoms with Crippen LogP contribution >= 0.6 is 11.8 Å². The van der Waals surface area contributed by atoms with Gasteiger partial charge in [-0.2, -0.15) is 22.0 Å². The van der Waals surface area contributed by atoms with E-state index in [1.807, 2.05) is 0 Å². The van der Waals surface area contributed by atoms with Crippen LogP contribution in [0.3, 0.4) is 0 Å². The van der Waals surface area contributed by atoms with Crippen LogP contribution in [0.5, 0.6) is 5.75 Å². The van der Waals surface area contributed by atoms with Gasteiger partial charge in [-0.05, 0) is 36.4 Å². The molecule has 0 unspecified atom stereocenters. The minimum Gasteiger partial charge on any atom is -0.435 e. The van der Waals surface area contributed by atoms with Crippen LogP contribution in [0.25, 0.3) is 0 Å². The number of amides is 1. The van der Waals surface area contributed by atoms with E-state index in [1.165, 1.54) is 42.6 Å². The van der Waals surface area contributed by atoms with Crippen molar-refractivity contribution >= 4 is 23.4 Å². The number of hydrogen-bond acceptors (Lipinski definition) is 4. The standard InChI is InChI=1S/C15H11F5N2O2S/c16-14(17)24-10-5-3-9(4-6-10)22-12(23)11-2-1-7-21-13(11)25-8-15(18,19)20/h1-7,14H,8H2,(H,22,23). The highest BCUT2D eigenvalue weighted by atomic mass is 32.2. The van der Waals surface area contributed by atoms with Crippen LogP contribution in [-0.2, 0) is 0 Å². The first kappa shape index (κ1) is 19.0. The molecule has 0 aliphatic rings. The van der Waals surface area contributed by atoms with Gasteiger partial charge in [0.2, 0.25) is 0 Å². The van der Waals surface area contributed by atoms with Crippen LogP contribution in [-0.4, -0.2) is 29.4 Å². The summed E-state index contributed by atoms with van der Waals surface area (Å²) in [6, 6.07) is 7.87. The molecule has 25 heavy (non-hydrogen) atoms. The molecule has 0 saturated carbocycles. The first-order chi connectivity index (χ1) is 11.7. The van der Waals surface area contributed by atoms with Crippen molar-refractivity contribution in [3.05, 3.63) is 48.2 Å². The Morgan fingerprint density at radius 1 is 1.20 bits per heavy atom. The van der Waals surface area contributed by atoms with Gasteiger partial charge in [0.15, 0.2) is 0 Å². The molecule has 0 aliphatic heterocycles. The second-order valence-electron chi connectivity index (χ2n) is 4.62. The Morgan fingerprint density at radius 3 is 2.48 bits per heavy atom. The van der Waals surface area contributed by atoms with Crippen molar-refractivity contribution < 1.29 is 31.5 Å². The van der Waals surface area contributed by atoms with E-state index in [4.69, 9.17) is 0 Å². The minimum atomic E-state index is -4.39. The van der Waals surface area contributed by atoms with E-state index in [1.54, 1.807) is 0 Å². The second kappa shape index (κ2) is 8.15. The van der Waals surface area contributed by atoms with E-state index in [-0.39, 0.29) is 22.0 Å². The van der Waals surface area contributed by atoms with Crippen molar-refractivity contribution in [1.82, 2.24) is 4.98 Å². The average Bonchev–Trinajstić information content (AvgIpc) is 2.54. The monoisotopic (exact) mass is 378 g/mol.